The van der Waals surface area contributed by atoms with Crippen molar-refractivity contribution in [3.63, 3.8) is 0 Å². The first-order valence-corrected chi connectivity index (χ1v) is 7.54. The molecular formula is C13H9BrClNO2S. The maximum absolute atomic E-state index is 10.8. The first kappa shape index (κ1) is 14.4. The minimum atomic E-state index is -0.388. The number of hydrogen-bond donors (Lipinski definition) is 0. The molecule has 0 amide bonds. The van der Waals surface area contributed by atoms with E-state index in [-0.39, 0.29) is 10.6 Å². The zero-order chi connectivity index (χ0) is 13.8. The fourth-order valence-corrected chi connectivity index (χ4v) is 3.26. The highest BCUT2D eigenvalue weighted by Crippen LogP contribution is 2.32. The van der Waals surface area contributed by atoms with Gasteiger partial charge in [0, 0.05) is 21.7 Å². The molecule has 2 aromatic rings. The molecule has 19 heavy (non-hydrogen) atoms. The predicted octanol–water partition coefficient (Wildman–Crippen LogP) is 5.30. The van der Waals surface area contributed by atoms with Crippen LogP contribution in [-0.2, 0) is 5.75 Å². The standard InChI is InChI=1S/C13H9BrClNO2S/c14-13-9(2-1-3-12(13)16(17)18)8-19-11-6-4-10(15)5-7-11/h1-7H,8H2. The number of thioether (sulfide) groups is 1. The van der Waals surface area contributed by atoms with Crippen LogP contribution in [0.25, 0.3) is 0 Å². The summed E-state index contributed by atoms with van der Waals surface area (Å²) in [6.45, 7) is 0. The van der Waals surface area contributed by atoms with Gasteiger partial charge in [0.1, 0.15) is 0 Å². The molecular weight excluding hydrogens is 350 g/mol. The van der Waals surface area contributed by atoms with E-state index in [4.69, 9.17) is 11.6 Å². The zero-order valence-electron chi connectivity index (χ0n) is 9.68. The second-order valence-electron chi connectivity index (χ2n) is 3.75. The van der Waals surface area contributed by atoms with Crippen LogP contribution in [0.1, 0.15) is 5.56 Å². The molecule has 0 aliphatic heterocycles. The highest BCUT2D eigenvalue weighted by atomic mass is 79.9. The third kappa shape index (κ3) is 3.72. The van der Waals surface area contributed by atoms with Crippen LogP contribution in [0.15, 0.2) is 51.8 Å². The van der Waals surface area contributed by atoms with Crippen LogP contribution in [0, 0.1) is 10.1 Å². The van der Waals surface area contributed by atoms with Gasteiger partial charge in [-0.25, -0.2) is 0 Å². The van der Waals surface area contributed by atoms with Gasteiger partial charge >= 0.3 is 0 Å². The van der Waals surface area contributed by atoms with E-state index in [2.05, 4.69) is 15.9 Å². The number of nitrogens with zero attached hydrogens (tertiary/aromatic N) is 1. The average Bonchev–Trinajstić information content (AvgIpc) is 2.39. The van der Waals surface area contributed by atoms with Crippen LogP contribution in [0.2, 0.25) is 5.02 Å². The molecule has 0 aliphatic carbocycles. The van der Waals surface area contributed by atoms with Crippen molar-refractivity contribution in [3.05, 3.63) is 67.6 Å². The predicted molar refractivity (Wildman–Crippen MR) is 81.8 cm³/mol. The molecule has 0 heterocycles. The first-order valence-electron chi connectivity index (χ1n) is 5.38. The summed E-state index contributed by atoms with van der Waals surface area (Å²) in [4.78, 5) is 11.5. The number of benzene rings is 2. The van der Waals surface area contributed by atoms with Crippen LogP contribution in [0.5, 0.6) is 0 Å². The Morgan fingerprint density at radius 2 is 1.89 bits per heavy atom. The molecule has 0 fully saturated rings. The van der Waals surface area contributed by atoms with Gasteiger partial charge in [-0.1, -0.05) is 23.7 Å². The second-order valence-corrected chi connectivity index (χ2v) is 6.03. The van der Waals surface area contributed by atoms with Crippen LogP contribution < -0.4 is 0 Å². The van der Waals surface area contributed by atoms with Gasteiger partial charge in [0.2, 0.25) is 0 Å². The van der Waals surface area contributed by atoms with Crippen molar-refractivity contribution < 1.29 is 4.92 Å². The van der Waals surface area contributed by atoms with E-state index in [0.717, 1.165) is 10.5 Å². The number of nitro groups is 1. The Kier molecular flexibility index (Phi) is 4.85. The monoisotopic (exact) mass is 357 g/mol. The molecule has 6 heteroatoms. The second kappa shape index (κ2) is 6.41. The quantitative estimate of drug-likeness (QED) is 0.423. The maximum atomic E-state index is 10.8. The van der Waals surface area contributed by atoms with Crippen molar-refractivity contribution in [2.45, 2.75) is 10.6 Å². The van der Waals surface area contributed by atoms with Crippen LogP contribution >= 0.6 is 39.3 Å². The third-order valence-electron chi connectivity index (χ3n) is 2.46. The summed E-state index contributed by atoms with van der Waals surface area (Å²) in [5.74, 6) is 0.657. The summed E-state index contributed by atoms with van der Waals surface area (Å²) in [5, 5.41) is 11.5. The van der Waals surface area contributed by atoms with Crippen LogP contribution in [-0.4, -0.2) is 4.92 Å². The van der Waals surface area contributed by atoms with Gasteiger partial charge in [-0.15, -0.1) is 11.8 Å². The van der Waals surface area contributed by atoms with E-state index >= 15 is 0 Å². The lowest BCUT2D eigenvalue weighted by molar-refractivity contribution is -0.385. The minimum Gasteiger partial charge on any atom is -0.258 e. The summed E-state index contributed by atoms with van der Waals surface area (Å²) in [7, 11) is 0. The molecule has 0 N–H and O–H groups in total. The average molecular weight is 359 g/mol. The third-order valence-corrected chi connectivity index (χ3v) is 4.69. The van der Waals surface area contributed by atoms with Crippen LogP contribution in [0.4, 0.5) is 5.69 Å². The molecule has 3 nitrogen and oxygen atoms in total. The SMILES string of the molecule is O=[N+]([O-])c1cccc(CSc2ccc(Cl)cc2)c1Br. The highest BCUT2D eigenvalue weighted by Gasteiger charge is 2.14. The van der Waals surface area contributed by atoms with Gasteiger partial charge in [-0.2, -0.15) is 0 Å². The molecule has 0 atom stereocenters. The lowest BCUT2D eigenvalue weighted by atomic mass is 10.2. The van der Waals surface area contributed by atoms with Gasteiger partial charge in [-0.05, 0) is 45.8 Å². The van der Waals surface area contributed by atoms with Crippen molar-refractivity contribution >= 4 is 45.0 Å². The summed E-state index contributed by atoms with van der Waals surface area (Å²) in [5.41, 5.74) is 0.989. The van der Waals surface area contributed by atoms with Gasteiger partial charge in [0.05, 0.1) is 9.40 Å². The van der Waals surface area contributed by atoms with Crippen LogP contribution in [0.3, 0.4) is 0 Å². The Hall–Kier alpha value is -1.04. The van der Waals surface area contributed by atoms with E-state index in [9.17, 15) is 10.1 Å². The molecule has 0 saturated heterocycles. The molecule has 0 spiro atoms. The van der Waals surface area contributed by atoms with E-state index in [1.165, 1.54) is 6.07 Å². The maximum Gasteiger partial charge on any atom is 0.283 e. The van der Waals surface area contributed by atoms with Crippen molar-refractivity contribution in [2.24, 2.45) is 0 Å². The summed E-state index contributed by atoms with van der Waals surface area (Å²) < 4.78 is 0.543. The molecule has 0 aliphatic rings. The fourth-order valence-electron chi connectivity index (χ4n) is 1.51. The lowest BCUT2D eigenvalue weighted by Gasteiger charge is -2.05. The number of halogens is 2. The molecule has 98 valence electrons. The van der Waals surface area contributed by atoms with E-state index in [1.807, 2.05) is 30.3 Å². The molecule has 0 unspecified atom stereocenters. The van der Waals surface area contributed by atoms with Gasteiger partial charge < -0.3 is 0 Å². The van der Waals surface area contributed by atoms with Gasteiger partial charge in [0.15, 0.2) is 0 Å². The van der Waals surface area contributed by atoms with E-state index in [0.29, 0.717) is 15.2 Å². The Morgan fingerprint density at radius 1 is 1.21 bits per heavy atom. The first-order chi connectivity index (χ1) is 9.08. The topological polar surface area (TPSA) is 43.1 Å². The summed E-state index contributed by atoms with van der Waals surface area (Å²) in [6, 6.07) is 12.6. The van der Waals surface area contributed by atoms with Gasteiger partial charge in [-0.3, -0.25) is 10.1 Å². The Balaban J connectivity index is 2.13. The summed E-state index contributed by atoms with van der Waals surface area (Å²) in [6.07, 6.45) is 0. The zero-order valence-corrected chi connectivity index (χ0v) is 12.8. The number of rotatable bonds is 4. The Morgan fingerprint density at radius 3 is 2.53 bits per heavy atom. The minimum absolute atomic E-state index is 0.0919. The van der Waals surface area contributed by atoms with Crippen molar-refractivity contribution in [1.82, 2.24) is 0 Å². The van der Waals surface area contributed by atoms with E-state index in [1.54, 1.807) is 17.8 Å². The normalized spacial score (nSPS) is 10.4. The number of nitro benzene ring substituents is 1. The largest absolute Gasteiger partial charge is 0.283 e. The smallest absolute Gasteiger partial charge is 0.258 e. The molecule has 2 aromatic carbocycles. The Bertz CT molecular complexity index is 604. The lowest BCUT2D eigenvalue weighted by Crippen LogP contribution is -1.92. The molecule has 2 rings (SSSR count). The number of hydrogen-bond acceptors (Lipinski definition) is 3. The van der Waals surface area contributed by atoms with Crippen molar-refractivity contribution in [1.29, 1.82) is 0 Å². The van der Waals surface area contributed by atoms with Gasteiger partial charge in [0.25, 0.3) is 5.69 Å². The van der Waals surface area contributed by atoms with Crippen molar-refractivity contribution in [2.75, 3.05) is 0 Å². The fraction of sp³-hybridized carbons (Fsp3) is 0.0769. The summed E-state index contributed by atoms with van der Waals surface area (Å²) >= 11 is 10.7. The Labute approximate surface area is 128 Å². The molecule has 0 aromatic heterocycles. The highest BCUT2D eigenvalue weighted by molar-refractivity contribution is 9.10. The molecule has 0 saturated carbocycles. The van der Waals surface area contributed by atoms with Crippen molar-refractivity contribution in [3.8, 4) is 0 Å². The molecule has 0 radical (unpaired) electrons. The molecule has 0 bridgehead atoms. The van der Waals surface area contributed by atoms with E-state index < -0.39 is 0 Å².